The van der Waals surface area contributed by atoms with E-state index in [4.69, 9.17) is 9.51 Å². The minimum atomic E-state index is -1.01. The largest absolute Gasteiger partial charge is 0.389 e. The molecule has 0 fully saturated rings. The molecular weight excluding hydrogens is 490 g/mol. The molecule has 3 heterocycles. The highest BCUT2D eigenvalue weighted by Crippen LogP contribution is 2.30. The lowest BCUT2D eigenvalue weighted by Crippen LogP contribution is -2.37. The van der Waals surface area contributed by atoms with Gasteiger partial charge in [-0.3, -0.25) is 10.6 Å². The molecule has 0 bridgehead atoms. The Morgan fingerprint density at radius 3 is 2.54 bits per heavy atom. The first-order valence-electron chi connectivity index (χ1n) is 12.2. The second-order valence-corrected chi connectivity index (χ2v) is 12.1. The maximum Gasteiger partial charge on any atom is 0.326 e. The van der Waals surface area contributed by atoms with Gasteiger partial charge < -0.3 is 19.5 Å². The molecule has 0 saturated heterocycles. The van der Waals surface area contributed by atoms with Crippen LogP contribution in [0.5, 0.6) is 0 Å². The van der Waals surface area contributed by atoms with Gasteiger partial charge in [0.15, 0.2) is 5.82 Å². The number of urea groups is 1. The third kappa shape index (κ3) is 6.73. The van der Waals surface area contributed by atoms with Crippen molar-refractivity contribution < 1.29 is 14.4 Å². The van der Waals surface area contributed by atoms with Crippen LogP contribution in [0.4, 0.5) is 15.7 Å². The standard InChI is InChI=1S/C26H35N7O3S/c1-15(25(3,4)5)27-13-17-8-9-19-18(12-17)29-23(33(19)14-26(6,7)35)31-24(34)30-21-11-10-20(37-21)22-28-16(2)32-36-22/h8-12,15,27,35H,13-14H2,1-7H3,(H2,29,30,31,34)/t15-/m0/s1. The van der Waals surface area contributed by atoms with E-state index in [1.54, 1.807) is 26.8 Å². The van der Waals surface area contributed by atoms with Crippen molar-refractivity contribution in [1.82, 2.24) is 25.0 Å². The van der Waals surface area contributed by atoms with Gasteiger partial charge in [-0.15, -0.1) is 11.3 Å². The van der Waals surface area contributed by atoms with Crippen LogP contribution in [0.1, 0.15) is 52.9 Å². The van der Waals surface area contributed by atoms with Crippen LogP contribution in [0.15, 0.2) is 34.9 Å². The van der Waals surface area contributed by atoms with Gasteiger partial charge >= 0.3 is 6.03 Å². The van der Waals surface area contributed by atoms with E-state index in [0.29, 0.717) is 35.3 Å². The lowest BCUT2D eigenvalue weighted by atomic mass is 9.88. The van der Waals surface area contributed by atoms with Gasteiger partial charge in [0.1, 0.15) is 0 Å². The number of thiophene rings is 1. The molecule has 4 N–H and O–H groups in total. The van der Waals surface area contributed by atoms with Gasteiger partial charge in [0, 0.05) is 12.6 Å². The molecule has 11 heteroatoms. The normalized spacial score (nSPS) is 13.2. The summed E-state index contributed by atoms with van der Waals surface area (Å²) in [5.41, 5.74) is 1.81. The van der Waals surface area contributed by atoms with E-state index >= 15 is 0 Å². The zero-order valence-corrected chi connectivity index (χ0v) is 23.2. The summed E-state index contributed by atoms with van der Waals surface area (Å²) < 4.78 is 7.02. The quantitative estimate of drug-likeness (QED) is 0.242. The van der Waals surface area contributed by atoms with E-state index in [0.717, 1.165) is 21.5 Å². The fourth-order valence-corrected chi connectivity index (χ4v) is 4.49. The Morgan fingerprint density at radius 2 is 1.89 bits per heavy atom. The predicted octanol–water partition coefficient (Wildman–Crippen LogP) is 5.40. The van der Waals surface area contributed by atoms with Crippen molar-refractivity contribution in [1.29, 1.82) is 0 Å². The smallest absolute Gasteiger partial charge is 0.326 e. The predicted molar refractivity (Wildman–Crippen MR) is 147 cm³/mol. The first-order chi connectivity index (χ1) is 17.3. The maximum atomic E-state index is 12.9. The molecule has 0 aliphatic carbocycles. The van der Waals surface area contributed by atoms with Crippen LogP contribution in [-0.2, 0) is 13.1 Å². The molecule has 0 aliphatic rings. The molecule has 0 aliphatic heterocycles. The molecule has 37 heavy (non-hydrogen) atoms. The average molecular weight is 526 g/mol. The van der Waals surface area contributed by atoms with Crippen molar-refractivity contribution in [3.63, 3.8) is 0 Å². The fourth-order valence-electron chi connectivity index (χ4n) is 3.67. The average Bonchev–Trinajstić information content (AvgIpc) is 3.50. The van der Waals surface area contributed by atoms with E-state index in [9.17, 15) is 9.90 Å². The Labute approximate surface area is 220 Å². The number of carbonyl (C=O) groups is 1. The van der Waals surface area contributed by atoms with Crippen LogP contribution in [0.25, 0.3) is 21.8 Å². The highest BCUT2D eigenvalue weighted by molar-refractivity contribution is 7.19. The van der Waals surface area contributed by atoms with Crippen LogP contribution >= 0.6 is 11.3 Å². The van der Waals surface area contributed by atoms with Crippen molar-refractivity contribution in [3.05, 3.63) is 41.7 Å². The molecule has 4 rings (SSSR count). The van der Waals surface area contributed by atoms with Crippen LogP contribution < -0.4 is 16.0 Å². The topological polar surface area (TPSA) is 130 Å². The first kappa shape index (κ1) is 26.8. The van der Waals surface area contributed by atoms with Gasteiger partial charge in [-0.05, 0) is 62.9 Å². The molecule has 3 aromatic heterocycles. The summed E-state index contributed by atoms with van der Waals surface area (Å²) in [4.78, 5) is 22.5. The zero-order valence-electron chi connectivity index (χ0n) is 22.3. The SMILES string of the molecule is Cc1noc(-c2ccc(NC(=O)Nc3nc4cc(CN[C@@H](C)C(C)(C)C)ccc4n3CC(C)(C)O)s2)n1. The summed E-state index contributed by atoms with van der Waals surface area (Å²) in [5, 5.41) is 24.2. The summed E-state index contributed by atoms with van der Waals surface area (Å²) in [6, 6.07) is 9.52. The number of amides is 2. The van der Waals surface area contributed by atoms with Gasteiger partial charge in [-0.2, -0.15) is 4.98 Å². The van der Waals surface area contributed by atoms with E-state index in [-0.39, 0.29) is 12.0 Å². The Morgan fingerprint density at radius 1 is 1.14 bits per heavy atom. The molecule has 0 saturated carbocycles. The number of carbonyl (C=O) groups excluding carboxylic acids is 1. The summed E-state index contributed by atoms with van der Waals surface area (Å²) in [5.74, 6) is 1.31. The minimum absolute atomic E-state index is 0.149. The lowest BCUT2D eigenvalue weighted by molar-refractivity contribution is 0.0632. The van der Waals surface area contributed by atoms with Gasteiger partial charge in [0.25, 0.3) is 5.89 Å². The summed E-state index contributed by atoms with van der Waals surface area (Å²) in [6.45, 7) is 15.0. The number of nitrogens with zero attached hydrogens (tertiary/aromatic N) is 4. The number of hydrogen-bond donors (Lipinski definition) is 4. The van der Waals surface area contributed by atoms with Crippen molar-refractivity contribution in [2.45, 2.75) is 73.2 Å². The summed E-state index contributed by atoms with van der Waals surface area (Å²) in [7, 11) is 0. The second kappa shape index (κ2) is 10.2. The maximum absolute atomic E-state index is 12.9. The highest BCUT2D eigenvalue weighted by atomic mass is 32.1. The number of rotatable bonds is 8. The number of imidazole rings is 1. The number of hydrogen-bond acceptors (Lipinski definition) is 8. The Kier molecular flexibility index (Phi) is 7.40. The van der Waals surface area contributed by atoms with E-state index in [1.165, 1.54) is 11.3 Å². The number of nitrogens with one attached hydrogen (secondary N) is 3. The number of benzene rings is 1. The first-order valence-corrected chi connectivity index (χ1v) is 13.0. The molecule has 1 aromatic carbocycles. The van der Waals surface area contributed by atoms with Crippen molar-refractivity contribution in [2.75, 3.05) is 10.6 Å². The zero-order chi connectivity index (χ0) is 27.0. The van der Waals surface area contributed by atoms with Crippen LogP contribution in [0.3, 0.4) is 0 Å². The Balaban J connectivity index is 1.53. The number of aryl methyl sites for hydroxylation is 1. The third-order valence-electron chi connectivity index (χ3n) is 6.08. The van der Waals surface area contributed by atoms with Crippen molar-refractivity contribution >= 4 is 39.4 Å². The lowest BCUT2D eigenvalue weighted by Gasteiger charge is -2.28. The Bertz CT molecular complexity index is 1390. The molecule has 2 amide bonds. The number of fused-ring (bicyclic) bond motifs is 1. The monoisotopic (exact) mass is 525 g/mol. The van der Waals surface area contributed by atoms with Crippen molar-refractivity contribution in [2.24, 2.45) is 5.41 Å². The highest BCUT2D eigenvalue weighted by Gasteiger charge is 2.22. The van der Waals surface area contributed by atoms with Gasteiger partial charge in [0.05, 0.1) is 33.1 Å². The van der Waals surface area contributed by atoms with Crippen LogP contribution in [-0.4, -0.2) is 42.5 Å². The summed E-state index contributed by atoms with van der Waals surface area (Å²) in [6.07, 6.45) is 0. The minimum Gasteiger partial charge on any atom is -0.389 e. The molecule has 198 valence electrons. The fraction of sp³-hybridized carbons (Fsp3) is 0.462. The molecule has 0 radical (unpaired) electrons. The van der Waals surface area contributed by atoms with E-state index in [2.05, 4.69) is 53.8 Å². The number of aliphatic hydroxyl groups is 1. The third-order valence-corrected chi connectivity index (χ3v) is 7.06. The van der Waals surface area contributed by atoms with Crippen molar-refractivity contribution in [3.8, 4) is 10.8 Å². The second-order valence-electron chi connectivity index (χ2n) is 11.0. The molecular formula is C26H35N7O3S. The molecule has 4 aromatic rings. The van der Waals surface area contributed by atoms with Gasteiger partial charge in [-0.25, -0.2) is 9.78 Å². The van der Waals surface area contributed by atoms with E-state index < -0.39 is 11.6 Å². The van der Waals surface area contributed by atoms with Crippen LogP contribution in [0, 0.1) is 12.3 Å². The molecule has 0 unspecified atom stereocenters. The Hall–Kier alpha value is -3.28. The van der Waals surface area contributed by atoms with Gasteiger partial charge in [-0.1, -0.05) is 32.0 Å². The molecule has 1 atom stereocenters. The van der Waals surface area contributed by atoms with Gasteiger partial charge in [0.2, 0.25) is 5.95 Å². The number of aromatic nitrogens is 4. The summed E-state index contributed by atoms with van der Waals surface area (Å²) >= 11 is 1.33. The number of anilines is 2. The molecule has 0 spiro atoms. The van der Waals surface area contributed by atoms with Crippen LogP contribution in [0.2, 0.25) is 0 Å². The molecule has 10 nitrogen and oxygen atoms in total. The van der Waals surface area contributed by atoms with E-state index in [1.807, 2.05) is 28.8 Å².